The molecule has 1 aliphatic rings. The standard InChI is InChI=1S/C13H19NO2/c15-8-6-13-11-14(7-9-16-13)10-12-4-2-1-3-5-12/h1-5,13,15H,6-11H2/t13-/m0/s1. The van der Waals surface area contributed by atoms with Gasteiger partial charge in [-0.15, -0.1) is 0 Å². The molecule has 0 unspecified atom stereocenters. The number of nitrogens with zero attached hydrogens (tertiary/aromatic N) is 1. The van der Waals surface area contributed by atoms with E-state index in [1.165, 1.54) is 5.56 Å². The molecule has 0 saturated carbocycles. The first kappa shape index (κ1) is 11.6. The molecule has 1 saturated heterocycles. The Bertz CT molecular complexity index is 300. The molecular formula is C13H19NO2. The first-order chi connectivity index (χ1) is 7.88. The molecule has 3 heteroatoms. The minimum absolute atomic E-state index is 0.197. The van der Waals surface area contributed by atoms with Crippen molar-refractivity contribution in [1.82, 2.24) is 4.90 Å². The van der Waals surface area contributed by atoms with Crippen LogP contribution in [0.2, 0.25) is 0 Å². The number of morpholine rings is 1. The summed E-state index contributed by atoms with van der Waals surface area (Å²) in [6.45, 7) is 3.87. The Labute approximate surface area is 96.6 Å². The Balaban J connectivity index is 1.85. The van der Waals surface area contributed by atoms with Crippen LogP contribution in [-0.4, -0.2) is 42.4 Å². The summed E-state index contributed by atoms with van der Waals surface area (Å²) in [6, 6.07) is 10.5. The van der Waals surface area contributed by atoms with Crippen LogP contribution in [-0.2, 0) is 11.3 Å². The molecule has 1 aliphatic heterocycles. The van der Waals surface area contributed by atoms with Crippen LogP contribution < -0.4 is 0 Å². The predicted octanol–water partition coefficient (Wildman–Crippen LogP) is 1.27. The molecule has 3 nitrogen and oxygen atoms in total. The molecule has 1 aromatic rings. The van der Waals surface area contributed by atoms with Gasteiger partial charge in [0.05, 0.1) is 12.7 Å². The topological polar surface area (TPSA) is 32.7 Å². The first-order valence-corrected chi connectivity index (χ1v) is 5.87. The maximum absolute atomic E-state index is 8.90. The van der Waals surface area contributed by atoms with Crippen LogP contribution in [0, 0.1) is 0 Å². The van der Waals surface area contributed by atoms with Crippen LogP contribution in [0.4, 0.5) is 0 Å². The fourth-order valence-electron chi connectivity index (χ4n) is 2.08. The van der Waals surface area contributed by atoms with E-state index in [4.69, 9.17) is 9.84 Å². The highest BCUT2D eigenvalue weighted by Crippen LogP contribution is 2.11. The molecule has 1 fully saturated rings. The highest BCUT2D eigenvalue weighted by Gasteiger charge is 2.19. The number of benzene rings is 1. The Morgan fingerprint density at radius 3 is 2.88 bits per heavy atom. The summed E-state index contributed by atoms with van der Waals surface area (Å²) in [5.41, 5.74) is 1.34. The molecule has 0 amide bonds. The number of ether oxygens (including phenoxy) is 1. The quantitative estimate of drug-likeness (QED) is 0.831. The minimum atomic E-state index is 0.197. The van der Waals surface area contributed by atoms with E-state index in [0.29, 0.717) is 0 Å². The van der Waals surface area contributed by atoms with Crippen molar-refractivity contribution in [2.75, 3.05) is 26.3 Å². The fourth-order valence-corrected chi connectivity index (χ4v) is 2.08. The number of hydrogen-bond donors (Lipinski definition) is 1. The molecule has 0 spiro atoms. The molecule has 1 aromatic carbocycles. The third-order valence-corrected chi connectivity index (χ3v) is 2.92. The SMILES string of the molecule is OCC[C@H]1CN(Cc2ccccc2)CCO1. The second-order valence-electron chi connectivity index (χ2n) is 4.23. The van der Waals surface area contributed by atoms with Crippen LogP contribution in [0.15, 0.2) is 30.3 Å². The van der Waals surface area contributed by atoms with Gasteiger partial charge in [-0.3, -0.25) is 4.90 Å². The van der Waals surface area contributed by atoms with Crippen molar-refractivity contribution in [2.45, 2.75) is 19.1 Å². The summed E-state index contributed by atoms with van der Waals surface area (Å²) in [5.74, 6) is 0. The monoisotopic (exact) mass is 221 g/mol. The smallest absolute Gasteiger partial charge is 0.0724 e. The minimum Gasteiger partial charge on any atom is -0.396 e. The van der Waals surface area contributed by atoms with E-state index in [0.717, 1.165) is 32.7 Å². The van der Waals surface area contributed by atoms with Crippen molar-refractivity contribution in [3.05, 3.63) is 35.9 Å². The maximum Gasteiger partial charge on any atom is 0.0724 e. The van der Waals surface area contributed by atoms with E-state index in [-0.39, 0.29) is 12.7 Å². The van der Waals surface area contributed by atoms with Gasteiger partial charge in [-0.25, -0.2) is 0 Å². The summed E-state index contributed by atoms with van der Waals surface area (Å²) in [4.78, 5) is 2.39. The lowest BCUT2D eigenvalue weighted by Crippen LogP contribution is -2.42. The first-order valence-electron chi connectivity index (χ1n) is 5.87. The molecule has 1 atom stereocenters. The second kappa shape index (κ2) is 5.99. The molecule has 1 heterocycles. The number of hydrogen-bond acceptors (Lipinski definition) is 3. The lowest BCUT2D eigenvalue weighted by atomic mass is 10.1. The molecule has 0 aliphatic carbocycles. The Morgan fingerprint density at radius 2 is 2.12 bits per heavy atom. The van der Waals surface area contributed by atoms with Crippen molar-refractivity contribution < 1.29 is 9.84 Å². The van der Waals surface area contributed by atoms with Crippen molar-refractivity contribution in [2.24, 2.45) is 0 Å². The van der Waals surface area contributed by atoms with Gasteiger partial charge in [-0.2, -0.15) is 0 Å². The average Bonchev–Trinajstić information content (AvgIpc) is 2.31. The number of aliphatic hydroxyl groups excluding tert-OH is 1. The molecule has 2 rings (SSSR count). The zero-order valence-electron chi connectivity index (χ0n) is 9.51. The van der Waals surface area contributed by atoms with Gasteiger partial charge in [0.15, 0.2) is 0 Å². The van der Waals surface area contributed by atoms with E-state index in [1.54, 1.807) is 0 Å². The van der Waals surface area contributed by atoms with E-state index >= 15 is 0 Å². The fraction of sp³-hybridized carbons (Fsp3) is 0.538. The zero-order chi connectivity index (χ0) is 11.2. The zero-order valence-corrected chi connectivity index (χ0v) is 9.51. The molecule has 0 aromatic heterocycles. The van der Waals surface area contributed by atoms with Gasteiger partial charge >= 0.3 is 0 Å². The van der Waals surface area contributed by atoms with E-state index < -0.39 is 0 Å². The highest BCUT2D eigenvalue weighted by molar-refractivity contribution is 5.14. The van der Waals surface area contributed by atoms with Gasteiger partial charge in [0.25, 0.3) is 0 Å². The lowest BCUT2D eigenvalue weighted by molar-refractivity contribution is -0.0407. The summed E-state index contributed by atoms with van der Waals surface area (Å²) in [7, 11) is 0. The van der Waals surface area contributed by atoms with E-state index in [9.17, 15) is 0 Å². The molecule has 88 valence electrons. The van der Waals surface area contributed by atoms with Crippen LogP contribution >= 0.6 is 0 Å². The Kier molecular flexibility index (Phi) is 4.34. The Morgan fingerprint density at radius 1 is 1.31 bits per heavy atom. The second-order valence-corrected chi connectivity index (χ2v) is 4.23. The third-order valence-electron chi connectivity index (χ3n) is 2.92. The molecular weight excluding hydrogens is 202 g/mol. The molecule has 1 N–H and O–H groups in total. The molecule has 0 bridgehead atoms. The Hall–Kier alpha value is -0.900. The maximum atomic E-state index is 8.90. The van der Waals surface area contributed by atoms with E-state index in [2.05, 4.69) is 29.2 Å². The summed E-state index contributed by atoms with van der Waals surface area (Å²) in [5, 5.41) is 8.90. The van der Waals surface area contributed by atoms with E-state index in [1.807, 2.05) is 6.07 Å². The lowest BCUT2D eigenvalue weighted by Gasteiger charge is -2.32. The van der Waals surface area contributed by atoms with Crippen LogP contribution in [0.5, 0.6) is 0 Å². The normalized spacial score (nSPS) is 22.2. The summed E-state index contributed by atoms with van der Waals surface area (Å²) >= 11 is 0. The van der Waals surface area contributed by atoms with Gasteiger partial charge in [-0.05, 0) is 12.0 Å². The van der Waals surface area contributed by atoms with Crippen molar-refractivity contribution in [3.8, 4) is 0 Å². The van der Waals surface area contributed by atoms with Crippen LogP contribution in [0.25, 0.3) is 0 Å². The van der Waals surface area contributed by atoms with Crippen LogP contribution in [0.3, 0.4) is 0 Å². The summed E-state index contributed by atoms with van der Waals surface area (Å²) in [6.07, 6.45) is 0.938. The van der Waals surface area contributed by atoms with Gasteiger partial charge in [0, 0.05) is 26.2 Å². The van der Waals surface area contributed by atoms with Crippen molar-refractivity contribution in [1.29, 1.82) is 0 Å². The van der Waals surface area contributed by atoms with Gasteiger partial charge < -0.3 is 9.84 Å². The van der Waals surface area contributed by atoms with Gasteiger partial charge in [0.2, 0.25) is 0 Å². The largest absolute Gasteiger partial charge is 0.396 e. The third kappa shape index (κ3) is 3.30. The van der Waals surface area contributed by atoms with Crippen LogP contribution in [0.1, 0.15) is 12.0 Å². The molecule has 16 heavy (non-hydrogen) atoms. The van der Waals surface area contributed by atoms with Gasteiger partial charge in [0.1, 0.15) is 0 Å². The summed E-state index contributed by atoms with van der Waals surface area (Å²) < 4.78 is 5.58. The van der Waals surface area contributed by atoms with Crippen molar-refractivity contribution >= 4 is 0 Å². The number of aliphatic hydroxyl groups is 1. The number of rotatable bonds is 4. The molecule has 0 radical (unpaired) electrons. The van der Waals surface area contributed by atoms with Gasteiger partial charge in [-0.1, -0.05) is 30.3 Å². The predicted molar refractivity (Wildman–Crippen MR) is 63.2 cm³/mol. The average molecular weight is 221 g/mol. The highest BCUT2D eigenvalue weighted by atomic mass is 16.5. The van der Waals surface area contributed by atoms with Crippen molar-refractivity contribution in [3.63, 3.8) is 0 Å².